The second-order valence-electron chi connectivity index (χ2n) is 5.20. The van der Waals surface area contributed by atoms with Gasteiger partial charge in [0.1, 0.15) is 0 Å². The lowest BCUT2D eigenvalue weighted by Gasteiger charge is -2.27. The number of hydrogen-bond acceptors (Lipinski definition) is 0. The van der Waals surface area contributed by atoms with Crippen LogP contribution in [0.3, 0.4) is 0 Å². The summed E-state index contributed by atoms with van der Waals surface area (Å²) >= 11 is 0. The summed E-state index contributed by atoms with van der Waals surface area (Å²) in [4.78, 5) is 0. The highest BCUT2D eigenvalue weighted by Gasteiger charge is 2.59. The van der Waals surface area contributed by atoms with Crippen LogP contribution in [0.2, 0.25) is 0 Å². The van der Waals surface area contributed by atoms with Crippen molar-refractivity contribution in [3.8, 4) is 0 Å². The van der Waals surface area contributed by atoms with Crippen molar-refractivity contribution in [3.63, 3.8) is 0 Å². The van der Waals surface area contributed by atoms with Crippen molar-refractivity contribution in [3.05, 3.63) is 0 Å². The molecule has 1 rings (SSSR count). The fourth-order valence-electron chi connectivity index (χ4n) is 3.32. The van der Waals surface area contributed by atoms with Crippen molar-refractivity contribution >= 4 is 0 Å². The molecule has 0 nitrogen and oxygen atoms in total. The predicted octanol–water partition coefficient (Wildman–Crippen LogP) is 3.96. The highest BCUT2D eigenvalue weighted by Crippen LogP contribution is 2.64. The average Bonchev–Trinajstić information content (AvgIpc) is 2.42. The number of hydrogen-bond donors (Lipinski definition) is 0. The number of rotatable bonds is 3. The zero-order chi connectivity index (χ0) is 9.52. The van der Waals surface area contributed by atoms with Crippen LogP contribution in [0.15, 0.2) is 0 Å². The lowest BCUT2D eigenvalue weighted by Crippen LogP contribution is -2.20. The third kappa shape index (κ3) is 1.20. The molecular formula is C12H24. The van der Waals surface area contributed by atoms with E-state index in [9.17, 15) is 0 Å². The van der Waals surface area contributed by atoms with Crippen LogP contribution in [-0.2, 0) is 0 Å². The van der Waals surface area contributed by atoms with E-state index < -0.39 is 0 Å². The van der Waals surface area contributed by atoms with Crippen LogP contribution >= 0.6 is 0 Å². The van der Waals surface area contributed by atoms with Gasteiger partial charge in [0.2, 0.25) is 0 Å². The molecule has 0 heterocycles. The predicted molar refractivity (Wildman–Crippen MR) is 55.1 cm³/mol. The molecule has 0 aliphatic heterocycles. The fraction of sp³-hybridized carbons (Fsp3) is 1.00. The first-order valence-electron chi connectivity index (χ1n) is 5.46. The summed E-state index contributed by atoms with van der Waals surface area (Å²) in [5.74, 6) is 3.68. The summed E-state index contributed by atoms with van der Waals surface area (Å²) in [6, 6.07) is 0. The first kappa shape index (κ1) is 10.1. The first-order valence-corrected chi connectivity index (χ1v) is 5.46. The minimum absolute atomic E-state index is 0.656. The van der Waals surface area contributed by atoms with Crippen molar-refractivity contribution in [2.45, 2.75) is 48.0 Å². The van der Waals surface area contributed by atoms with Crippen LogP contribution < -0.4 is 0 Å². The molecule has 1 aliphatic carbocycles. The molecule has 0 aromatic carbocycles. The summed E-state index contributed by atoms with van der Waals surface area (Å²) in [5, 5.41) is 0. The third-order valence-electron chi connectivity index (χ3n) is 4.65. The molecule has 0 aromatic rings. The van der Waals surface area contributed by atoms with E-state index in [1.54, 1.807) is 0 Å². The van der Waals surface area contributed by atoms with E-state index in [-0.39, 0.29) is 0 Å². The van der Waals surface area contributed by atoms with Crippen molar-refractivity contribution < 1.29 is 0 Å². The van der Waals surface area contributed by atoms with Crippen LogP contribution in [0.5, 0.6) is 0 Å². The maximum Gasteiger partial charge on any atom is -0.0238 e. The minimum atomic E-state index is 0.656. The van der Waals surface area contributed by atoms with Gasteiger partial charge in [-0.15, -0.1) is 0 Å². The van der Waals surface area contributed by atoms with E-state index in [1.807, 2.05) is 0 Å². The van der Waals surface area contributed by atoms with Gasteiger partial charge in [-0.1, -0.05) is 48.0 Å². The Morgan fingerprint density at radius 1 is 1.17 bits per heavy atom. The summed E-state index contributed by atoms with van der Waals surface area (Å²) in [5.41, 5.74) is 0.656. The second-order valence-corrected chi connectivity index (χ2v) is 5.20. The molecule has 3 unspecified atom stereocenters. The Balaban J connectivity index is 2.68. The van der Waals surface area contributed by atoms with Gasteiger partial charge >= 0.3 is 0 Å². The Labute approximate surface area is 77.7 Å². The molecule has 0 spiro atoms. The molecule has 1 saturated carbocycles. The normalized spacial score (nSPS) is 43.2. The Bertz CT molecular complexity index is 149. The van der Waals surface area contributed by atoms with Gasteiger partial charge in [0, 0.05) is 0 Å². The molecule has 0 heteroatoms. The maximum atomic E-state index is 2.48. The van der Waals surface area contributed by atoms with E-state index in [1.165, 1.54) is 6.42 Å². The molecule has 0 saturated heterocycles. The SMILES string of the molecule is CCC(C(C)C)C1(C)C(C)C1C. The molecule has 12 heavy (non-hydrogen) atoms. The van der Waals surface area contributed by atoms with Crippen LogP contribution in [0.1, 0.15) is 48.0 Å². The largest absolute Gasteiger partial charge is 0.0651 e. The molecule has 0 bridgehead atoms. The van der Waals surface area contributed by atoms with Gasteiger partial charge in [0.25, 0.3) is 0 Å². The van der Waals surface area contributed by atoms with Crippen LogP contribution in [-0.4, -0.2) is 0 Å². The van der Waals surface area contributed by atoms with Crippen molar-refractivity contribution in [1.29, 1.82) is 0 Å². The van der Waals surface area contributed by atoms with E-state index in [0.29, 0.717) is 5.41 Å². The van der Waals surface area contributed by atoms with E-state index in [4.69, 9.17) is 0 Å². The quantitative estimate of drug-likeness (QED) is 0.598. The Kier molecular flexibility index (Phi) is 2.56. The van der Waals surface area contributed by atoms with Gasteiger partial charge in [-0.25, -0.2) is 0 Å². The Hall–Kier alpha value is 0. The molecule has 0 amide bonds. The van der Waals surface area contributed by atoms with Crippen molar-refractivity contribution in [1.82, 2.24) is 0 Å². The Morgan fingerprint density at radius 3 is 1.67 bits per heavy atom. The van der Waals surface area contributed by atoms with Gasteiger partial charge in [0.15, 0.2) is 0 Å². The molecule has 0 radical (unpaired) electrons. The van der Waals surface area contributed by atoms with E-state index >= 15 is 0 Å². The van der Waals surface area contributed by atoms with Gasteiger partial charge < -0.3 is 0 Å². The monoisotopic (exact) mass is 168 g/mol. The zero-order valence-electron chi connectivity index (χ0n) is 9.52. The van der Waals surface area contributed by atoms with Gasteiger partial charge in [-0.3, -0.25) is 0 Å². The zero-order valence-corrected chi connectivity index (χ0v) is 9.52. The lowest BCUT2D eigenvalue weighted by molar-refractivity contribution is 0.214. The van der Waals surface area contributed by atoms with Gasteiger partial charge in [-0.05, 0) is 29.1 Å². The van der Waals surface area contributed by atoms with Crippen molar-refractivity contribution in [2.75, 3.05) is 0 Å². The molecule has 0 N–H and O–H groups in total. The smallest absolute Gasteiger partial charge is 0.0238 e. The summed E-state index contributed by atoms with van der Waals surface area (Å²) in [6.45, 7) is 14.4. The summed E-state index contributed by atoms with van der Waals surface area (Å²) in [6.07, 6.45) is 1.35. The molecular weight excluding hydrogens is 144 g/mol. The molecule has 1 fully saturated rings. The molecule has 3 atom stereocenters. The average molecular weight is 168 g/mol. The molecule has 72 valence electrons. The van der Waals surface area contributed by atoms with E-state index in [2.05, 4.69) is 41.5 Å². The van der Waals surface area contributed by atoms with E-state index in [0.717, 1.165) is 23.7 Å². The Morgan fingerprint density at radius 2 is 1.58 bits per heavy atom. The van der Waals surface area contributed by atoms with Gasteiger partial charge in [-0.2, -0.15) is 0 Å². The van der Waals surface area contributed by atoms with Gasteiger partial charge in [0.05, 0.1) is 0 Å². The minimum Gasteiger partial charge on any atom is -0.0651 e. The van der Waals surface area contributed by atoms with Crippen LogP contribution in [0, 0.1) is 29.1 Å². The first-order chi connectivity index (χ1) is 5.46. The summed E-state index contributed by atoms with van der Waals surface area (Å²) in [7, 11) is 0. The highest BCUT2D eigenvalue weighted by molar-refractivity contribution is 5.06. The second kappa shape index (κ2) is 3.05. The molecule has 0 aromatic heterocycles. The standard InChI is InChI=1S/C12H24/c1-7-11(8(2)3)12(6)9(4)10(12)5/h8-11H,7H2,1-6H3. The van der Waals surface area contributed by atoms with Crippen LogP contribution in [0.25, 0.3) is 0 Å². The highest BCUT2D eigenvalue weighted by atomic mass is 14.6. The summed E-state index contributed by atoms with van der Waals surface area (Å²) < 4.78 is 0. The maximum absolute atomic E-state index is 2.48. The fourth-order valence-corrected chi connectivity index (χ4v) is 3.32. The van der Waals surface area contributed by atoms with Crippen molar-refractivity contribution in [2.24, 2.45) is 29.1 Å². The molecule has 1 aliphatic rings. The van der Waals surface area contributed by atoms with Crippen LogP contribution in [0.4, 0.5) is 0 Å². The third-order valence-corrected chi connectivity index (χ3v) is 4.65. The lowest BCUT2D eigenvalue weighted by atomic mass is 9.78. The topological polar surface area (TPSA) is 0 Å².